The first-order chi connectivity index (χ1) is 15.0. The molecule has 0 fully saturated rings. The number of nitrogens with one attached hydrogen (secondary N) is 2. The number of anilines is 2. The maximum atomic E-state index is 12.6. The van der Waals surface area contributed by atoms with E-state index in [2.05, 4.69) is 10.6 Å². The smallest absolute Gasteiger partial charge is 0.271 e. The number of nitro groups is 1. The van der Waals surface area contributed by atoms with E-state index in [1.165, 1.54) is 25.3 Å². The minimum Gasteiger partial charge on any atom is -0.495 e. The third kappa shape index (κ3) is 6.06. The van der Waals surface area contributed by atoms with Crippen molar-refractivity contribution in [3.63, 3.8) is 0 Å². The normalized spacial score (nSPS) is 11.5. The van der Waals surface area contributed by atoms with E-state index >= 15 is 0 Å². The van der Waals surface area contributed by atoms with E-state index in [1.54, 1.807) is 19.3 Å². The van der Waals surface area contributed by atoms with Gasteiger partial charge < -0.3 is 24.5 Å². The fourth-order valence-electron chi connectivity index (χ4n) is 2.88. The summed E-state index contributed by atoms with van der Waals surface area (Å²) in [6, 6.07) is 14.6. The van der Waals surface area contributed by atoms with Crippen LogP contribution in [0, 0.1) is 10.1 Å². The number of hydrogen-bond donors (Lipinski definition) is 2. The molecule has 1 heterocycles. The van der Waals surface area contributed by atoms with Crippen LogP contribution in [0.5, 0.6) is 5.75 Å². The van der Waals surface area contributed by atoms with Crippen molar-refractivity contribution in [1.29, 1.82) is 0 Å². The van der Waals surface area contributed by atoms with Gasteiger partial charge in [-0.25, -0.2) is 0 Å². The highest BCUT2D eigenvalue weighted by Gasteiger charge is 2.18. The minimum absolute atomic E-state index is 0.140. The molecule has 31 heavy (non-hydrogen) atoms. The van der Waals surface area contributed by atoms with Gasteiger partial charge in [-0.2, -0.15) is 0 Å². The Morgan fingerprint density at radius 2 is 2.00 bits per heavy atom. The summed E-state index contributed by atoms with van der Waals surface area (Å²) in [5.41, 5.74) is 1.77. The number of nitrogens with zero attached hydrogens (tertiary/aromatic N) is 1. The number of methoxy groups -OCH3 is 1. The fourth-order valence-corrected chi connectivity index (χ4v) is 2.88. The van der Waals surface area contributed by atoms with Crippen molar-refractivity contribution in [3.8, 4) is 5.75 Å². The average Bonchev–Trinajstić information content (AvgIpc) is 3.27. The van der Waals surface area contributed by atoms with Crippen molar-refractivity contribution in [1.82, 2.24) is 0 Å². The summed E-state index contributed by atoms with van der Waals surface area (Å²) in [5.74, 6) is 0.719. The number of amides is 1. The van der Waals surface area contributed by atoms with E-state index in [0.717, 1.165) is 17.0 Å². The van der Waals surface area contributed by atoms with Gasteiger partial charge in [0.2, 0.25) is 5.91 Å². The van der Waals surface area contributed by atoms with Crippen LogP contribution in [0.1, 0.15) is 18.2 Å². The van der Waals surface area contributed by atoms with Crippen molar-refractivity contribution in [3.05, 3.63) is 82.3 Å². The van der Waals surface area contributed by atoms with E-state index in [-0.39, 0.29) is 17.3 Å². The van der Waals surface area contributed by atoms with Crippen molar-refractivity contribution in [2.75, 3.05) is 17.7 Å². The predicted octanol–water partition coefficient (Wildman–Crippen LogP) is 4.35. The zero-order chi connectivity index (χ0) is 22.2. The van der Waals surface area contributed by atoms with E-state index in [1.807, 2.05) is 30.3 Å². The fraction of sp³-hybridized carbons (Fsp3) is 0.227. The Hall–Kier alpha value is -3.85. The molecular weight excluding hydrogens is 402 g/mol. The molecule has 3 rings (SSSR count). The Morgan fingerprint density at radius 1 is 1.16 bits per heavy atom. The zero-order valence-electron chi connectivity index (χ0n) is 17.2. The molecule has 1 amide bonds. The van der Waals surface area contributed by atoms with Gasteiger partial charge in [-0.3, -0.25) is 14.9 Å². The van der Waals surface area contributed by atoms with E-state index < -0.39 is 11.0 Å². The summed E-state index contributed by atoms with van der Waals surface area (Å²) < 4.78 is 16.0. The van der Waals surface area contributed by atoms with Gasteiger partial charge in [0.1, 0.15) is 24.2 Å². The van der Waals surface area contributed by atoms with Crippen LogP contribution in [0.25, 0.3) is 0 Å². The number of non-ortho nitro benzene ring substituents is 1. The highest BCUT2D eigenvalue weighted by atomic mass is 16.6. The lowest BCUT2D eigenvalue weighted by molar-refractivity contribution is -0.384. The summed E-state index contributed by atoms with van der Waals surface area (Å²) >= 11 is 0. The van der Waals surface area contributed by atoms with Gasteiger partial charge in [-0.05, 0) is 42.8 Å². The molecule has 0 radical (unpaired) electrons. The molecule has 2 aromatic carbocycles. The van der Waals surface area contributed by atoms with E-state index in [4.69, 9.17) is 13.9 Å². The maximum Gasteiger partial charge on any atom is 0.271 e. The van der Waals surface area contributed by atoms with E-state index in [0.29, 0.717) is 19.0 Å². The summed E-state index contributed by atoms with van der Waals surface area (Å²) in [4.78, 5) is 23.1. The zero-order valence-corrected chi connectivity index (χ0v) is 17.2. The van der Waals surface area contributed by atoms with Crippen molar-refractivity contribution in [2.24, 2.45) is 0 Å². The second-order valence-electron chi connectivity index (χ2n) is 6.77. The van der Waals surface area contributed by atoms with Gasteiger partial charge >= 0.3 is 0 Å². The number of rotatable bonds is 10. The molecule has 3 aromatic rings. The lowest BCUT2D eigenvalue weighted by Gasteiger charge is -2.17. The molecule has 9 heteroatoms. The van der Waals surface area contributed by atoms with Crippen LogP contribution in [0.3, 0.4) is 0 Å². The molecule has 0 spiro atoms. The summed E-state index contributed by atoms with van der Waals surface area (Å²) in [6.45, 7) is 2.45. The van der Waals surface area contributed by atoms with Gasteiger partial charge in [0.05, 0.1) is 30.6 Å². The topological polar surface area (TPSA) is 116 Å². The number of carbonyl (C=O) groups excluding carboxylic acids is 1. The Morgan fingerprint density at radius 3 is 2.71 bits per heavy atom. The first-order valence-corrected chi connectivity index (χ1v) is 9.55. The monoisotopic (exact) mass is 425 g/mol. The van der Waals surface area contributed by atoms with E-state index in [9.17, 15) is 14.9 Å². The van der Waals surface area contributed by atoms with Crippen molar-refractivity contribution < 1.29 is 23.6 Å². The third-order valence-corrected chi connectivity index (χ3v) is 4.45. The first kappa shape index (κ1) is 21.8. The van der Waals surface area contributed by atoms with Crippen molar-refractivity contribution in [2.45, 2.75) is 26.2 Å². The predicted molar refractivity (Wildman–Crippen MR) is 115 cm³/mol. The van der Waals surface area contributed by atoms with Crippen LogP contribution in [-0.2, 0) is 22.7 Å². The number of ether oxygens (including phenoxy) is 2. The molecule has 0 aliphatic rings. The second-order valence-corrected chi connectivity index (χ2v) is 6.77. The Balaban J connectivity index is 1.59. The van der Waals surface area contributed by atoms with Gasteiger partial charge in [0, 0.05) is 17.8 Å². The van der Waals surface area contributed by atoms with Gasteiger partial charge in [-0.15, -0.1) is 0 Å². The standard InChI is InChI=1S/C22H23N3O6/c1-15(22(26)24-20-12-18(25(27)28)8-9-21(20)29-2)23-17-6-3-5-16(11-17)13-30-14-19-7-4-10-31-19/h3-12,15,23H,13-14H2,1-2H3,(H,24,26). The molecule has 1 unspecified atom stereocenters. The minimum atomic E-state index is -0.608. The van der Waals surface area contributed by atoms with Crippen LogP contribution >= 0.6 is 0 Å². The number of hydrogen-bond acceptors (Lipinski definition) is 7. The number of nitro benzene ring substituents is 1. The van der Waals surface area contributed by atoms with Crippen LogP contribution in [0.2, 0.25) is 0 Å². The largest absolute Gasteiger partial charge is 0.495 e. The Kier molecular flexibility index (Phi) is 7.23. The average molecular weight is 425 g/mol. The number of furan rings is 1. The number of carbonyl (C=O) groups is 1. The Labute approximate surface area is 179 Å². The highest BCUT2D eigenvalue weighted by Crippen LogP contribution is 2.29. The highest BCUT2D eigenvalue weighted by molar-refractivity contribution is 5.97. The van der Waals surface area contributed by atoms with Gasteiger partial charge in [-0.1, -0.05) is 12.1 Å². The van der Waals surface area contributed by atoms with Crippen LogP contribution in [0.15, 0.2) is 65.3 Å². The van der Waals surface area contributed by atoms with Crippen LogP contribution < -0.4 is 15.4 Å². The van der Waals surface area contributed by atoms with Crippen LogP contribution in [-0.4, -0.2) is 24.0 Å². The molecule has 0 aliphatic heterocycles. The second kappa shape index (κ2) is 10.3. The quantitative estimate of drug-likeness (QED) is 0.366. The summed E-state index contributed by atoms with van der Waals surface area (Å²) in [7, 11) is 1.43. The molecule has 0 bridgehead atoms. The Bertz CT molecular complexity index is 1040. The lowest BCUT2D eigenvalue weighted by atomic mass is 10.2. The molecule has 2 N–H and O–H groups in total. The van der Waals surface area contributed by atoms with Gasteiger partial charge in [0.15, 0.2) is 0 Å². The van der Waals surface area contributed by atoms with Crippen LogP contribution in [0.4, 0.5) is 17.1 Å². The third-order valence-electron chi connectivity index (χ3n) is 4.45. The SMILES string of the molecule is COc1ccc([N+](=O)[O-])cc1NC(=O)C(C)Nc1cccc(COCc2ccco2)c1. The molecule has 0 saturated heterocycles. The molecule has 1 atom stereocenters. The number of benzene rings is 2. The molecular formula is C22H23N3O6. The van der Waals surface area contributed by atoms with Crippen molar-refractivity contribution >= 4 is 23.0 Å². The maximum absolute atomic E-state index is 12.6. The molecule has 1 aromatic heterocycles. The molecule has 162 valence electrons. The lowest BCUT2D eigenvalue weighted by Crippen LogP contribution is -2.32. The summed E-state index contributed by atoms with van der Waals surface area (Å²) in [6.07, 6.45) is 1.60. The molecule has 0 aliphatic carbocycles. The molecule has 0 saturated carbocycles. The van der Waals surface area contributed by atoms with Gasteiger partial charge in [0.25, 0.3) is 5.69 Å². The first-order valence-electron chi connectivity index (χ1n) is 9.55. The molecule has 9 nitrogen and oxygen atoms in total. The summed E-state index contributed by atoms with van der Waals surface area (Å²) in [5, 5.41) is 16.8.